The van der Waals surface area contributed by atoms with Gasteiger partial charge in [0, 0.05) is 25.4 Å². The number of allylic oxidation sites excluding steroid dienone is 2. The quantitative estimate of drug-likeness (QED) is 0.459. The predicted molar refractivity (Wildman–Crippen MR) is 145 cm³/mol. The summed E-state index contributed by atoms with van der Waals surface area (Å²) >= 11 is 0. The maximum Gasteiger partial charge on any atom is 0.329 e. The van der Waals surface area contributed by atoms with Gasteiger partial charge in [-0.15, -0.1) is 0 Å². The SMILES string of the molecule is CC1=C\[C@@H](O)CC(O)Cc2nc(c(C)o2)C(=O)N2CCCC2C(=O)O[C@H](C(C)C)[C@H](C)/C=C/C(=O)NC\C=C\1. The molecule has 0 radical (unpaired) electrons. The van der Waals surface area contributed by atoms with Crippen LogP contribution in [0.15, 0.2) is 40.4 Å². The van der Waals surface area contributed by atoms with E-state index in [1.165, 1.54) is 11.0 Å². The fourth-order valence-electron chi connectivity index (χ4n) is 4.99. The average Bonchev–Trinajstić information content (AvgIpc) is 3.49. The zero-order valence-electron chi connectivity index (χ0n) is 23.4. The van der Waals surface area contributed by atoms with E-state index in [4.69, 9.17) is 9.15 Å². The average molecular weight is 544 g/mol. The number of cyclic esters (lactones) is 1. The van der Waals surface area contributed by atoms with Crippen LogP contribution in [0.2, 0.25) is 0 Å². The second-order valence-corrected chi connectivity index (χ2v) is 10.8. The van der Waals surface area contributed by atoms with Crippen LogP contribution in [-0.4, -0.2) is 75.3 Å². The van der Waals surface area contributed by atoms with Gasteiger partial charge < -0.3 is 29.6 Å². The summed E-state index contributed by atoms with van der Waals surface area (Å²) in [4.78, 5) is 44.8. The first-order chi connectivity index (χ1) is 18.5. The molecule has 1 fully saturated rings. The third-order valence-electron chi connectivity index (χ3n) is 6.96. The molecule has 0 spiro atoms. The van der Waals surface area contributed by atoms with Crippen molar-refractivity contribution >= 4 is 17.8 Å². The van der Waals surface area contributed by atoms with Crippen LogP contribution in [0.1, 0.15) is 69.1 Å². The Hall–Kier alpha value is -3.24. The number of esters is 1. The monoisotopic (exact) mass is 543 g/mol. The van der Waals surface area contributed by atoms with Crippen molar-refractivity contribution in [2.75, 3.05) is 13.1 Å². The van der Waals surface area contributed by atoms with E-state index in [1.54, 1.807) is 31.2 Å². The lowest BCUT2D eigenvalue weighted by Crippen LogP contribution is -2.44. The molecular weight excluding hydrogens is 502 g/mol. The van der Waals surface area contributed by atoms with Crippen molar-refractivity contribution in [1.29, 1.82) is 0 Å². The summed E-state index contributed by atoms with van der Waals surface area (Å²) < 4.78 is 11.6. The van der Waals surface area contributed by atoms with E-state index in [0.717, 1.165) is 5.57 Å². The van der Waals surface area contributed by atoms with Crippen molar-refractivity contribution in [1.82, 2.24) is 15.2 Å². The summed E-state index contributed by atoms with van der Waals surface area (Å²) in [6, 6.07) is -0.748. The van der Waals surface area contributed by atoms with E-state index in [-0.39, 0.29) is 42.2 Å². The predicted octanol–water partition coefficient (Wildman–Crippen LogP) is 2.63. The van der Waals surface area contributed by atoms with E-state index >= 15 is 0 Å². The number of aliphatic hydroxyl groups is 2. The Labute approximate surface area is 229 Å². The molecule has 5 atom stereocenters. The topological polar surface area (TPSA) is 142 Å². The van der Waals surface area contributed by atoms with Gasteiger partial charge in [-0.25, -0.2) is 9.78 Å². The molecule has 10 nitrogen and oxygen atoms in total. The molecular formula is C29H41N3O7. The highest BCUT2D eigenvalue weighted by atomic mass is 16.5. The van der Waals surface area contributed by atoms with Crippen molar-refractivity contribution in [2.24, 2.45) is 11.8 Å². The number of hydrogen-bond donors (Lipinski definition) is 3. The summed E-state index contributed by atoms with van der Waals surface area (Å²) in [5.74, 6) is -0.957. The number of aliphatic hydroxyl groups excluding tert-OH is 2. The number of oxazole rings is 1. The Balaban J connectivity index is 1.88. The fourth-order valence-corrected chi connectivity index (χ4v) is 4.99. The van der Waals surface area contributed by atoms with Gasteiger partial charge in [0.15, 0.2) is 11.6 Å². The van der Waals surface area contributed by atoms with Gasteiger partial charge in [-0.05, 0) is 38.7 Å². The molecule has 10 heteroatoms. The number of nitrogens with zero attached hydrogens (tertiary/aromatic N) is 2. The summed E-state index contributed by atoms with van der Waals surface area (Å²) in [6.07, 6.45) is 7.15. The van der Waals surface area contributed by atoms with Gasteiger partial charge >= 0.3 is 5.97 Å². The van der Waals surface area contributed by atoms with Crippen LogP contribution >= 0.6 is 0 Å². The minimum Gasteiger partial charge on any atom is -0.460 e. The van der Waals surface area contributed by atoms with Gasteiger partial charge in [0.2, 0.25) is 5.91 Å². The molecule has 3 N–H and O–H groups in total. The van der Waals surface area contributed by atoms with Crippen LogP contribution in [0.3, 0.4) is 0 Å². The molecule has 0 saturated carbocycles. The number of aryl methyl sites for hydroxylation is 1. The Bertz CT molecular complexity index is 1120. The first-order valence-corrected chi connectivity index (χ1v) is 13.6. The van der Waals surface area contributed by atoms with E-state index in [1.807, 2.05) is 27.7 Å². The van der Waals surface area contributed by atoms with E-state index in [2.05, 4.69) is 10.3 Å². The smallest absolute Gasteiger partial charge is 0.329 e. The highest BCUT2D eigenvalue weighted by Crippen LogP contribution is 2.26. The minimum absolute atomic E-state index is 0.0171. The van der Waals surface area contributed by atoms with E-state index in [9.17, 15) is 24.6 Å². The number of nitrogens with one attached hydrogen (secondary N) is 1. The molecule has 3 heterocycles. The van der Waals surface area contributed by atoms with Crippen molar-refractivity contribution < 1.29 is 33.8 Å². The maximum absolute atomic E-state index is 13.4. The normalized spacial score (nSPS) is 31.2. The second kappa shape index (κ2) is 13.7. The van der Waals surface area contributed by atoms with Crippen LogP contribution < -0.4 is 5.32 Å². The minimum atomic E-state index is -0.953. The Kier molecular flexibility index (Phi) is 10.7. The Morgan fingerprint density at radius 2 is 1.90 bits per heavy atom. The molecule has 0 aromatic carbocycles. The van der Waals surface area contributed by atoms with E-state index < -0.39 is 36.2 Å². The molecule has 2 unspecified atom stereocenters. The molecule has 214 valence electrons. The molecule has 1 aromatic rings. The van der Waals surface area contributed by atoms with Gasteiger partial charge in [0.05, 0.1) is 18.6 Å². The molecule has 1 saturated heterocycles. The molecule has 2 aliphatic rings. The van der Waals surface area contributed by atoms with Crippen LogP contribution in [-0.2, 0) is 20.7 Å². The number of rotatable bonds is 1. The zero-order chi connectivity index (χ0) is 28.7. The number of fused-ring (bicyclic) bond motifs is 3. The molecule has 39 heavy (non-hydrogen) atoms. The van der Waals surface area contributed by atoms with Gasteiger partial charge in [-0.3, -0.25) is 9.59 Å². The lowest BCUT2D eigenvalue weighted by atomic mass is 9.94. The summed E-state index contributed by atoms with van der Waals surface area (Å²) in [5.41, 5.74) is 0.868. The molecule has 2 bridgehead atoms. The van der Waals surface area contributed by atoms with E-state index in [0.29, 0.717) is 31.7 Å². The lowest BCUT2D eigenvalue weighted by molar-refractivity contribution is -0.158. The molecule has 3 rings (SSSR count). The number of carbonyl (C=O) groups excluding carboxylic acids is 3. The Morgan fingerprint density at radius 3 is 2.62 bits per heavy atom. The number of ether oxygens (including phenoxy) is 1. The number of aromatic nitrogens is 1. The van der Waals surface area contributed by atoms with Crippen LogP contribution in [0.25, 0.3) is 0 Å². The number of hydrogen-bond acceptors (Lipinski definition) is 8. The van der Waals surface area contributed by atoms with Crippen molar-refractivity contribution in [3.8, 4) is 0 Å². The number of amides is 2. The van der Waals surface area contributed by atoms with Gasteiger partial charge in [-0.2, -0.15) is 0 Å². The summed E-state index contributed by atoms with van der Waals surface area (Å²) in [7, 11) is 0. The van der Waals surface area contributed by atoms with Crippen LogP contribution in [0.4, 0.5) is 0 Å². The molecule has 0 aliphatic carbocycles. The van der Waals surface area contributed by atoms with Crippen LogP contribution in [0, 0.1) is 18.8 Å². The summed E-state index contributed by atoms with van der Waals surface area (Å²) in [5, 5.41) is 23.6. The standard InChI is InChI=1S/C29H41N3O7/c1-17(2)27-19(4)10-11-24(35)30-12-6-8-18(3)14-21(33)15-22(34)16-25-31-26(20(5)38-25)28(36)32-13-7-9-23(32)29(37)39-27/h6,8,10-11,14,17,19,21-23,27,33-34H,7,9,12-13,15-16H2,1-5H3,(H,30,35)/b8-6+,11-10+,18-14+/t19-,21-,22?,23?,27-/m1/s1. The third kappa shape index (κ3) is 8.37. The van der Waals surface area contributed by atoms with Crippen molar-refractivity contribution in [2.45, 2.75) is 84.7 Å². The second-order valence-electron chi connectivity index (χ2n) is 10.8. The lowest BCUT2D eigenvalue weighted by Gasteiger charge is -2.29. The maximum atomic E-state index is 13.4. The van der Waals surface area contributed by atoms with Crippen molar-refractivity contribution in [3.05, 3.63) is 53.3 Å². The molecule has 2 amide bonds. The first kappa shape index (κ1) is 30.3. The fraction of sp³-hybridized carbons (Fsp3) is 0.586. The first-order valence-electron chi connectivity index (χ1n) is 13.6. The Morgan fingerprint density at radius 1 is 1.15 bits per heavy atom. The van der Waals surface area contributed by atoms with Gasteiger partial charge in [0.1, 0.15) is 17.9 Å². The van der Waals surface area contributed by atoms with Crippen molar-refractivity contribution in [3.63, 3.8) is 0 Å². The molecule has 2 aliphatic heterocycles. The number of carbonyl (C=O) groups is 3. The summed E-state index contributed by atoms with van der Waals surface area (Å²) in [6.45, 7) is 9.88. The van der Waals surface area contributed by atoms with Crippen LogP contribution in [0.5, 0.6) is 0 Å². The third-order valence-corrected chi connectivity index (χ3v) is 6.96. The highest BCUT2D eigenvalue weighted by molar-refractivity contribution is 5.96. The zero-order valence-corrected chi connectivity index (χ0v) is 23.4. The molecule has 1 aromatic heterocycles. The largest absolute Gasteiger partial charge is 0.460 e. The highest BCUT2D eigenvalue weighted by Gasteiger charge is 2.39. The van der Waals surface area contributed by atoms with Gasteiger partial charge in [-0.1, -0.05) is 50.6 Å². The van der Waals surface area contributed by atoms with Gasteiger partial charge in [0.25, 0.3) is 5.91 Å².